The number of carbonyl (C=O) groups excluding carboxylic acids is 1. The van der Waals surface area contributed by atoms with Crippen molar-refractivity contribution in [3.8, 4) is 22.6 Å². The van der Waals surface area contributed by atoms with Crippen molar-refractivity contribution < 1.29 is 14.3 Å². The lowest BCUT2D eigenvalue weighted by molar-refractivity contribution is -0.114. The van der Waals surface area contributed by atoms with Crippen molar-refractivity contribution in [3.05, 3.63) is 65.7 Å². The minimum atomic E-state index is -0.143. The zero-order valence-electron chi connectivity index (χ0n) is 25.2. The Bertz CT molecular complexity index is 1800. The van der Waals surface area contributed by atoms with Gasteiger partial charge in [0.2, 0.25) is 5.91 Å². The fourth-order valence-corrected chi connectivity index (χ4v) is 6.61. The van der Waals surface area contributed by atoms with Crippen LogP contribution in [0.2, 0.25) is 0 Å². The first kappa shape index (κ1) is 28.9. The van der Waals surface area contributed by atoms with Gasteiger partial charge in [-0.05, 0) is 86.7 Å². The Balaban J connectivity index is 1.27. The van der Waals surface area contributed by atoms with Crippen molar-refractivity contribution in [3.63, 3.8) is 0 Å². The second kappa shape index (κ2) is 12.2. The van der Waals surface area contributed by atoms with Gasteiger partial charge in [-0.2, -0.15) is 0 Å². The molecule has 222 valence electrons. The van der Waals surface area contributed by atoms with Gasteiger partial charge in [-0.1, -0.05) is 24.3 Å². The molecule has 0 bridgehead atoms. The number of aromatic nitrogens is 4. The van der Waals surface area contributed by atoms with E-state index in [9.17, 15) is 4.79 Å². The first-order valence-corrected chi connectivity index (χ1v) is 15.4. The maximum atomic E-state index is 11.5. The average molecular weight is 597 g/mol. The molecular formula is C33H36N6O3S. The van der Waals surface area contributed by atoms with E-state index in [1.54, 1.807) is 7.11 Å². The monoisotopic (exact) mass is 596 g/mol. The van der Waals surface area contributed by atoms with Crippen LogP contribution in [0.1, 0.15) is 37.4 Å². The summed E-state index contributed by atoms with van der Waals surface area (Å²) in [4.78, 5) is 33.4. The molecule has 10 heteroatoms. The molecule has 6 rings (SSSR count). The van der Waals surface area contributed by atoms with E-state index in [1.807, 2.05) is 38.5 Å². The van der Waals surface area contributed by atoms with Gasteiger partial charge in [-0.3, -0.25) is 4.79 Å². The van der Waals surface area contributed by atoms with Gasteiger partial charge in [0.1, 0.15) is 27.7 Å². The maximum Gasteiger partial charge on any atom is 0.223 e. The maximum absolute atomic E-state index is 11.5. The Kier molecular flexibility index (Phi) is 8.23. The molecule has 2 aromatic carbocycles. The van der Waals surface area contributed by atoms with E-state index in [-0.39, 0.29) is 5.91 Å². The predicted octanol–water partition coefficient (Wildman–Crippen LogP) is 6.15. The highest BCUT2D eigenvalue weighted by atomic mass is 32.1. The SMILES string of the molecule is COc1ccc2c(CC3CCOc4ccc(-c5cnc6sc(NC(C)=O)nc6c5)cc4CC3C)nc(CN(C)C)nc2c1. The molecule has 0 aliphatic carbocycles. The first-order valence-electron chi connectivity index (χ1n) is 14.5. The largest absolute Gasteiger partial charge is 0.497 e. The van der Waals surface area contributed by atoms with Gasteiger partial charge in [0.05, 0.1) is 31.5 Å². The molecule has 0 spiro atoms. The van der Waals surface area contributed by atoms with Crippen LogP contribution >= 0.6 is 11.3 Å². The Hall–Kier alpha value is -4.15. The number of thiazole rings is 1. The van der Waals surface area contributed by atoms with E-state index >= 15 is 0 Å². The molecule has 0 saturated carbocycles. The number of pyridine rings is 1. The number of nitrogens with zero attached hydrogens (tertiary/aromatic N) is 5. The molecule has 0 fully saturated rings. The number of methoxy groups -OCH3 is 1. The van der Waals surface area contributed by atoms with Crippen molar-refractivity contribution in [2.75, 3.05) is 33.1 Å². The average Bonchev–Trinajstić information content (AvgIpc) is 3.36. The molecule has 4 heterocycles. The molecule has 5 aromatic rings. The number of hydrogen-bond donors (Lipinski definition) is 1. The molecule has 1 N–H and O–H groups in total. The molecular weight excluding hydrogens is 560 g/mol. The van der Waals surface area contributed by atoms with Gasteiger partial charge >= 0.3 is 0 Å². The second-order valence-electron chi connectivity index (χ2n) is 11.6. The van der Waals surface area contributed by atoms with Crippen molar-refractivity contribution in [2.24, 2.45) is 11.8 Å². The molecule has 2 unspecified atom stereocenters. The molecule has 1 aliphatic heterocycles. The van der Waals surface area contributed by atoms with Gasteiger partial charge in [-0.15, -0.1) is 0 Å². The number of benzene rings is 2. The van der Waals surface area contributed by atoms with E-state index in [0.717, 1.165) is 74.7 Å². The van der Waals surface area contributed by atoms with Crippen LogP contribution < -0.4 is 14.8 Å². The third kappa shape index (κ3) is 6.45. The lowest BCUT2D eigenvalue weighted by atomic mass is 9.81. The number of fused-ring (bicyclic) bond motifs is 3. The molecule has 1 aliphatic rings. The highest BCUT2D eigenvalue weighted by Gasteiger charge is 2.25. The van der Waals surface area contributed by atoms with Crippen LogP contribution in [0.5, 0.6) is 11.5 Å². The van der Waals surface area contributed by atoms with Gasteiger partial charge in [0.25, 0.3) is 0 Å². The third-order valence-electron chi connectivity index (χ3n) is 7.96. The zero-order chi connectivity index (χ0) is 30.1. The van der Waals surface area contributed by atoms with Crippen LogP contribution in [-0.2, 0) is 24.2 Å². The summed E-state index contributed by atoms with van der Waals surface area (Å²) < 4.78 is 11.8. The number of hydrogen-bond acceptors (Lipinski definition) is 9. The van der Waals surface area contributed by atoms with Crippen LogP contribution in [0.3, 0.4) is 0 Å². The van der Waals surface area contributed by atoms with Crippen molar-refractivity contribution in [2.45, 2.75) is 39.7 Å². The van der Waals surface area contributed by atoms with Crippen LogP contribution in [0.15, 0.2) is 48.7 Å². The number of carbonyl (C=O) groups is 1. The lowest BCUT2D eigenvalue weighted by Crippen LogP contribution is -2.23. The van der Waals surface area contributed by atoms with Crippen LogP contribution in [0.25, 0.3) is 32.4 Å². The fourth-order valence-electron chi connectivity index (χ4n) is 5.78. The van der Waals surface area contributed by atoms with Crippen LogP contribution in [0.4, 0.5) is 5.13 Å². The molecule has 43 heavy (non-hydrogen) atoms. The van der Waals surface area contributed by atoms with E-state index in [4.69, 9.17) is 19.4 Å². The number of amides is 1. The Labute approximate surface area is 255 Å². The number of nitrogens with one attached hydrogen (secondary N) is 1. The van der Waals surface area contributed by atoms with Crippen LogP contribution in [-0.4, -0.2) is 58.6 Å². The Morgan fingerprint density at radius 1 is 1.09 bits per heavy atom. The van der Waals surface area contributed by atoms with E-state index in [0.29, 0.717) is 30.1 Å². The van der Waals surface area contributed by atoms with Crippen molar-refractivity contribution >= 4 is 43.6 Å². The summed E-state index contributed by atoms with van der Waals surface area (Å²) in [6.07, 6.45) is 4.57. The zero-order valence-corrected chi connectivity index (χ0v) is 26.0. The van der Waals surface area contributed by atoms with Gasteiger partial charge in [0, 0.05) is 30.1 Å². The first-order chi connectivity index (χ1) is 20.7. The number of rotatable bonds is 7. The van der Waals surface area contributed by atoms with Gasteiger partial charge in [-0.25, -0.2) is 19.9 Å². The van der Waals surface area contributed by atoms with Crippen molar-refractivity contribution in [1.29, 1.82) is 0 Å². The number of anilines is 1. The Morgan fingerprint density at radius 2 is 1.95 bits per heavy atom. The highest BCUT2D eigenvalue weighted by molar-refractivity contribution is 7.21. The lowest BCUT2D eigenvalue weighted by Gasteiger charge is -2.28. The summed E-state index contributed by atoms with van der Waals surface area (Å²) in [6.45, 7) is 5.15. The molecule has 3 aromatic heterocycles. The second-order valence-corrected chi connectivity index (χ2v) is 12.5. The summed E-state index contributed by atoms with van der Waals surface area (Å²) in [7, 11) is 5.75. The summed E-state index contributed by atoms with van der Waals surface area (Å²) in [5.41, 5.74) is 6.01. The fraction of sp³-hybridized carbons (Fsp3) is 0.364. The minimum Gasteiger partial charge on any atom is -0.497 e. The van der Waals surface area contributed by atoms with Gasteiger partial charge < -0.3 is 19.7 Å². The molecule has 0 saturated heterocycles. The quantitative estimate of drug-likeness (QED) is 0.239. The molecule has 0 radical (unpaired) electrons. The number of ether oxygens (including phenoxy) is 2. The summed E-state index contributed by atoms with van der Waals surface area (Å²) in [5.74, 6) is 3.22. The Morgan fingerprint density at radius 3 is 2.74 bits per heavy atom. The highest BCUT2D eigenvalue weighted by Crippen LogP contribution is 2.36. The van der Waals surface area contributed by atoms with Crippen molar-refractivity contribution in [1.82, 2.24) is 24.8 Å². The van der Waals surface area contributed by atoms with E-state index < -0.39 is 0 Å². The smallest absolute Gasteiger partial charge is 0.223 e. The van der Waals surface area contributed by atoms with Crippen LogP contribution in [0, 0.1) is 11.8 Å². The normalized spacial score (nSPS) is 16.9. The minimum absolute atomic E-state index is 0.143. The van der Waals surface area contributed by atoms with E-state index in [2.05, 4.69) is 51.4 Å². The molecule has 1 amide bonds. The topological polar surface area (TPSA) is 102 Å². The standard InChI is InChI=1S/C33H36N6O3S/c1-19-12-23-13-22(24-15-29-32(34-17-24)43-33(38-29)35-20(2)40)6-9-30(23)42-11-10-21(19)14-27-26-8-7-25(41-5)16-28(26)37-31(36-27)18-39(3)4/h6-9,13,15-17,19,21H,10-12,14,18H2,1-5H3,(H,35,38,40). The summed E-state index contributed by atoms with van der Waals surface area (Å²) in [5, 5.41) is 4.39. The molecule has 9 nitrogen and oxygen atoms in total. The van der Waals surface area contributed by atoms with Gasteiger partial charge in [0.15, 0.2) is 5.13 Å². The van der Waals surface area contributed by atoms with E-state index in [1.165, 1.54) is 23.8 Å². The predicted molar refractivity (Wildman–Crippen MR) is 171 cm³/mol. The summed E-state index contributed by atoms with van der Waals surface area (Å²) in [6, 6.07) is 14.5. The molecule has 2 atom stereocenters. The summed E-state index contributed by atoms with van der Waals surface area (Å²) >= 11 is 1.37. The third-order valence-corrected chi connectivity index (χ3v) is 8.85.